The van der Waals surface area contributed by atoms with Crippen molar-refractivity contribution in [2.75, 3.05) is 33.2 Å². The van der Waals surface area contributed by atoms with Crippen LogP contribution in [0.2, 0.25) is 0 Å². The number of hydrogen-bond donors (Lipinski definition) is 2. The number of nitrogens with one attached hydrogen (secondary N) is 2. The molecule has 1 aromatic rings. The summed E-state index contributed by atoms with van der Waals surface area (Å²) in [5, 5.41) is 6.26. The Morgan fingerprint density at radius 1 is 1.06 bits per heavy atom. The smallest absolute Gasteiger partial charge is 0.249 e. The number of likely N-dealkylation sites (N-methyl/N-ethyl adjacent to an activating group) is 1. The van der Waals surface area contributed by atoms with Crippen molar-refractivity contribution in [2.45, 2.75) is 60.2 Å². The first kappa shape index (κ1) is 26.1. The van der Waals surface area contributed by atoms with Gasteiger partial charge in [-0.15, -0.1) is 0 Å². The molecule has 0 aromatic heterocycles. The van der Waals surface area contributed by atoms with Crippen LogP contribution < -0.4 is 10.6 Å². The van der Waals surface area contributed by atoms with E-state index in [2.05, 4.69) is 53.6 Å². The molecule has 1 aromatic carbocycles. The predicted molar refractivity (Wildman–Crippen MR) is 131 cm³/mol. The van der Waals surface area contributed by atoms with Crippen LogP contribution in [0.25, 0.3) is 0 Å². The summed E-state index contributed by atoms with van der Waals surface area (Å²) >= 11 is 0. The van der Waals surface area contributed by atoms with Gasteiger partial charge in [0.25, 0.3) is 0 Å². The summed E-state index contributed by atoms with van der Waals surface area (Å²) in [5.74, 6) is 0.300. The highest BCUT2D eigenvalue weighted by molar-refractivity contribution is 5.93. The summed E-state index contributed by atoms with van der Waals surface area (Å²) in [4.78, 5) is 29.9. The fourth-order valence-corrected chi connectivity index (χ4v) is 4.03. The van der Waals surface area contributed by atoms with E-state index in [9.17, 15) is 9.59 Å². The molecular weight excluding hydrogens is 400 g/mol. The molecule has 1 heterocycles. The number of amides is 2. The van der Waals surface area contributed by atoms with E-state index in [1.807, 2.05) is 44.7 Å². The molecule has 0 saturated carbocycles. The average Bonchev–Trinajstić information content (AvgIpc) is 2.75. The average molecular weight is 443 g/mol. The third-order valence-corrected chi connectivity index (χ3v) is 6.13. The van der Waals surface area contributed by atoms with Crippen LogP contribution in [0.15, 0.2) is 42.0 Å². The third-order valence-electron chi connectivity index (χ3n) is 6.13. The molecule has 1 aliphatic heterocycles. The Labute approximate surface area is 194 Å². The van der Waals surface area contributed by atoms with Gasteiger partial charge in [0.1, 0.15) is 0 Å². The van der Waals surface area contributed by atoms with Gasteiger partial charge in [0, 0.05) is 51.4 Å². The van der Waals surface area contributed by atoms with Crippen molar-refractivity contribution < 1.29 is 9.59 Å². The van der Waals surface area contributed by atoms with Gasteiger partial charge in [0.15, 0.2) is 0 Å². The zero-order chi connectivity index (χ0) is 23.9. The van der Waals surface area contributed by atoms with Gasteiger partial charge in [-0.2, -0.15) is 0 Å². The van der Waals surface area contributed by atoms with E-state index in [0.717, 1.165) is 38.3 Å². The molecule has 2 N–H and O–H groups in total. The van der Waals surface area contributed by atoms with Crippen LogP contribution in [0.3, 0.4) is 0 Å². The van der Waals surface area contributed by atoms with E-state index in [4.69, 9.17) is 0 Å². The van der Waals surface area contributed by atoms with Gasteiger partial charge >= 0.3 is 0 Å². The fraction of sp³-hybridized carbons (Fsp3) is 0.615. The minimum atomic E-state index is -0.347. The highest BCUT2D eigenvalue weighted by Gasteiger charge is 2.33. The Hall–Kier alpha value is -2.18. The van der Waals surface area contributed by atoms with Gasteiger partial charge in [-0.1, -0.05) is 71.0 Å². The normalized spacial score (nSPS) is 17.9. The maximum atomic E-state index is 13.1. The molecule has 32 heavy (non-hydrogen) atoms. The molecule has 2 amide bonds. The number of carbonyl (C=O) groups is 2. The summed E-state index contributed by atoms with van der Waals surface area (Å²) in [5.41, 5.74) is 1.80. The second kappa shape index (κ2) is 11.6. The lowest BCUT2D eigenvalue weighted by molar-refractivity contribution is -0.128. The van der Waals surface area contributed by atoms with Crippen molar-refractivity contribution >= 4 is 11.8 Å². The SMILES string of the molecule is CNC(=O)[C@@H](N[C@H](/C=C(\C)C(=O)N1CCN(Cc2ccccc2)CC1)C(C)C)C(C)(C)C. The van der Waals surface area contributed by atoms with E-state index in [-0.39, 0.29) is 35.2 Å². The summed E-state index contributed by atoms with van der Waals surface area (Å²) in [6, 6.07) is 10.0. The Kier molecular flexibility index (Phi) is 9.47. The molecular formula is C26H42N4O2. The van der Waals surface area contributed by atoms with E-state index >= 15 is 0 Å². The Bertz CT molecular complexity index is 775. The fourth-order valence-electron chi connectivity index (χ4n) is 4.03. The Morgan fingerprint density at radius 3 is 2.16 bits per heavy atom. The number of hydrogen-bond acceptors (Lipinski definition) is 4. The first-order valence-electron chi connectivity index (χ1n) is 11.7. The van der Waals surface area contributed by atoms with Crippen LogP contribution in [0, 0.1) is 11.3 Å². The van der Waals surface area contributed by atoms with Gasteiger partial charge in [-0.3, -0.25) is 19.8 Å². The quantitative estimate of drug-likeness (QED) is 0.608. The van der Waals surface area contributed by atoms with Crippen LogP contribution in [-0.2, 0) is 16.1 Å². The minimum absolute atomic E-state index is 0.0323. The van der Waals surface area contributed by atoms with E-state index in [0.29, 0.717) is 0 Å². The van der Waals surface area contributed by atoms with Crippen molar-refractivity contribution in [1.29, 1.82) is 0 Å². The van der Waals surface area contributed by atoms with E-state index in [1.54, 1.807) is 7.05 Å². The molecule has 1 saturated heterocycles. The van der Waals surface area contributed by atoms with Crippen LogP contribution in [0.5, 0.6) is 0 Å². The summed E-state index contributed by atoms with van der Waals surface area (Å²) in [6.07, 6.45) is 2.00. The predicted octanol–water partition coefficient (Wildman–Crippen LogP) is 3.05. The molecule has 0 spiro atoms. The van der Waals surface area contributed by atoms with Gasteiger partial charge in [0.05, 0.1) is 6.04 Å². The number of benzene rings is 1. The van der Waals surface area contributed by atoms with Gasteiger partial charge < -0.3 is 10.2 Å². The van der Waals surface area contributed by atoms with E-state index < -0.39 is 0 Å². The number of carbonyl (C=O) groups excluding carboxylic acids is 2. The van der Waals surface area contributed by atoms with Crippen molar-refractivity contribution in [3.05, 3.63) is 47.5 Å². The first-order valence-corrected chi connectivity index (χ1v) is 11.7. The topological polar surface area (TPSA) is 64.7 Å². The lowest BCUT2D eigenvalue weighted by Crippen LogP contribution is -2.55. The zero-order valence-corrected chi connectivity index (χ0v) is 20.9. The largest absolute Gasteiger partial charge is 0.358 e. The highest BCUT2D eigenvalue weighted by atomic mass is 16.2. The summed E-state index contributed by atoms with van der Waals surface area (Å²) in [6.45, 7) is 16.4. The van der Waals surface area contributed by atoms with Crippen molar-refractivity contribution in [3.63, 3.8) is 0 Å². The lowest BCUT2D eigenvalue weighted by Gasteiger charge is -2.36. The van der Waals surface area contributed by atoms with Crippen LogP contribution in [0.4, 0.5) is 0 Å². The molecule has 178 valence electrons. The summed E-state index contributed by atoms with van der Waals surface area (Å²) in [7, 11) is 1.66. The Balaban J connectivity index is 2.01. The first-order chi connectivity index (χ1) is 15.0. The summed E-state index contributed by atoms with van der Waals surface area (Å²) < 4.78 is 0. The second-order valence-electron chi connectivity index (χ2n) is 10.3. The molecule has 2 atom stereocenters. The maximum absolute atomic E-state index is 13.1. The monoisotopic (exact) mass is 442 g/mol. The molecule has 0 unspecified atom stereocenters. The molecule has 1 aliphatic rings. The maximum Gasteiger partial charge on any atom is 0.249 e. The molecule has 1 fully saturated rings. The molecule has 2 rings (SSSR count). The number of piperazine rings is 1. The van der Waals surface area contributed by atoms with Crippen LogP contribution >= 0.6 is 0 Å². The Morgan fingerprint density at radius 2 is 1.66 bits per heavy atom. The number of rotatable bonds is 8. The number of nitrogens with zero attached hydrogens (tertiary/aromatic N) is 2. The van der Waals surface area contributed by atoms with Crippen molar-refractivity contribution in [2.24, 2.45) is 11.3 Å². The molecule has 6 nitrogen and oxygen atoms in total. The van der Waals surface area contributed by atoms with Gasteiger partial charge in [-0.25, -0.2) is 0 Å². The van der Waals surface area contributed by atoms with Crippen molar-refractivity contribution in [1.82, 2.24) is 20.4 Å². The third kappa shape index (κ3) is 7.45. The second-order valence-corrected chi connectivity index (χ2v) is 10.3. The van der Waals surface area contributed by atoms with Gasteiger partial charge in [-0.05, 0) is 23.8 Å². The molecule has 6 heteroatoms. The van der Waals surface area contributed by atoms with E-state index in [1.165, 1.54) is 5.56 Å². The van der Waals surface area contributed by atoms with Crippen LogP contribution in [-0.4, -0.2) is 66.9 Å². The molecule has 0 bridgehead atoms. The van der Waals surface area contributed by atoms with Crippen LogP contribution in [0.1, 0.15) is 47.1 Å². The lowest BCUT2D eigenvalue weighted by atomic mass is 9.84. The minimum Gasteiger partial charge on any atom is -0.358 e. The zero-order valence-electron chi connectivity index (χ0n) is 20.9. The van der Waals surface area contributed by atoms with Crippen molar-refractivity contribution in [3.8, 4) is 0 Å². The van der Waals surface area contributed by atoms with Gasteiger partial charge in [0.2, 0.25) is 11.8 Å². The standard InChI is InChI=1S/C26H42N4O2/c1-19(2)22(28-23(24(31)27-7)26(4,5)6)17-20(3)25(32)30-15-13-29(14-16-30)18-21-11-9-8-10-12-21/h8-12,17,19,22-23,28H,13-16,18H2,1-7H3,(H,27,31)/b20-17+/t22-,23-/m1/s1. The highest BCUT2D eigenvalue weighted by Crippen LogP contribution is 2.22. The molecule has 0 aliphatic carbocycles. The molecule has 0 radical (unpaired) electrons.